The van der Waals surface area contributed by atoms with Crippen molar-refractivity contribution in [3.63, 3.8) is 0 Å². The molecule has 1 aliphatic rings. The Kier molecular flexibility index (Phi) is 5.44. The van der Waals surface area contributed by atoms with E-state index in [0.717, 1.165) is 13.0 Å². The standard InChI is InChI=1S/C13H24N2O3/c1-4-14(8-10(2)3)13(18)15-7-5-6-11(9-15)12(16)17/h10-11H,4-9H2,1-3H3,(H,16,17)/t11-/m1/s1. The quantitative estimate of drug-likeness (QED) is 0.835. The molecule has 0 bridgehead atoms. The molecule has 104 valence electrons. The molecule has 0 aromatic rings. The summed E-state index contributed by atoms with van der Waals surface area (Å²) < 4.78 is 0. The van der Waals surface area contributed by atoms with Gasteiger partial charge in [0.05, 0.1) is 5.92 Å². The van der Waals surface area contributed by atoms with Gasteiger partial charge in [0.25, 0.3) is 0 Å². The van der Waals surface area contributed by atoms with Crippen LogP contribution in [0.2, 0.25) is 0 Å². The van der Waals surface area contributed by atoms with E-state index in [4.69, 9.17) is 5.11 Å². The van der Waals surface area contributed by atoms with Gasteiger partial charge in [0.1, 0.15) is 0 Å². The molecule has 0 aromatic carbocycles. The van der Waals surface area contributed by atoms with Crippen molar-refractivity contribution in [3.05, 3.63) is 0 Å². The molecule has 1 rings (SSSR count). The molecular formula is C13H24N2O3. The summed E-state index contributed by atoms with van der Waals surface area (Å²) in [6.45, 7) is 8.53. The van der Waals surface area contributed by atoms with E-state index in [2.05, 4.69) is 13.8 Å². The highest BCUT2D eigenvalue weighted by molar-refractivity contribution is 5.76. The smallest absolute Gasteiger partial charge is 0.320 e. The van der Waals surface area contributed by atoms with Crippen LogP contribution in [0.25, 0.3) is 0 Å². The molecular weight excluding hydrogens is 232 g/mol. The Balaban J connectivity index is 2.61. The van der Waals surface area contributed by atoms with Crippen LogP contribution in [0.5, 0.6) is 0 Å². The SMILES string of the molecule is CCN(CC(C)C)C(=O)N1CCC[C@@H](C(=O)O)C1. The average molecular weight is 256 g/mol. The number of urea groups is 1. The minimum absolute atomic E-state index is 0.0165. The topological polar surface area (TPSA) is 60.9 Å². The van der Waals surface area contributed by atoms with Crippen molar-refractivity contribution in [2.75, 3.05) is 26.2 Å². The third kappa shape index (κ3) is 3.89. The number of carboxylic acids is 1. The first kappa shape index (κ1) is 14.8. The predicted octanol–water partition coefficient (Wildman–Crippen LogP) is 1.88. The lowest BCUT2D eigenvalue weighted by Crippen LogP contribution is -2.49. The first-order valence-corrected chi connectivity index (χ1v) is 6.72. The number of rotatable bonds is 4. The largest absolute Gasteiger partial charge is 0.481 e. The van der Waals surface area contributed by atoms with E-state index < -0.39 is 11.9 Å². The molecule has 1 atom stereocenters. The van der Waals surface area contributed by atoms with Gasteiger partial charge in [-0.1, -0.05) is 13.8 Å². The third-order valence-electron chi connectivity index (χ3n) is 3.28. The van der Waals surface area contributed by atoms with Crippen molar-refractivity contribution in [2.45, 2.75) is 33.6 Å². The Morgan fingerprint density at radius 3 is 2.61 bits per heavy atom. The van der Waals surface area contributed by atoms with Crippen molar-refractivity contribution in [3.8, 4) is 0 Å². The number of aliphatic carboxylic acids is 1. The molecule has 1 N–H and O–H groups in total. The predicted molar refractivity (Wildman–Crippen MR) is 69.4 cm³/mol. The molecule has 2 amide bonds. The van der Waals surface area contributed by atoms with Gasteiger partial charge in [-0.2, -0.15) is 0 Å². The number of carbonyl (C=O) groups excluding carboxylic acids is 1. The minimum Gasteiger partial charge on any atom is -0.481 e. The summed E-state index contributed by atoms with van der Waals surface area (Å²) in [4.78, 5) is 26.8. The lowest BCUT2D eigenvalue weighted by Gasteiger charge is -2.35. The van der Waals surface area contributed by atoms with Gasteiger partial charge in [0, 0.05) is 26.2 Å². The first-order valence-electron chi connectivity index (χ1n) is 6.72. The third-order valence-corrected chi connectivity index (χ3v) is 3.28. The zero-order valence-corrected chi connectivity index (χ0v) is 11.6. The van der Waals surface area contributed by atoms with E-state index in [-0.39, 0.29) is 6.03 Å². The number of carbonyl (C=O) groups is 2. The Hall–Kier alpha value is -1.26. The molecule has 0 aliphatic carbocycles. The highest BCUT2D eigenvalue weighted by Crippen LogP contribution is 2.18. The lowest BCUT2D eigenvalue weighted by atomic mass is 9.98. The van der Waals surface area contributed by atoms with E-state index in [0.29, 0.717) is 32.0 Å². The lowest BCUT2D eigenvalue weighted by molar-refractivity contribution is -0.143. The van der Waals surface area contributed by atoms with Gasteiger partial charge in [-0.25, -0.2) is 4.79 Å². The van der Waals surface area contributed by atoms with Gasteiger partial charge in [0.15, 0.2) is 0 Å². The Morgan fingerprint density at radius 2 is 2.11 bits per heavy atom. The van der Waals surface area contributed by atoms with Crippen molar-refractivity contribution in [1.82, 2.24) is 9.80 Å². The van der Waals surface area contributed by atoms with Crippen molar-refractivity contribution in [1.29, 1.82) is 0 Å². The minimum atomic E-state index is -0.792. The number of hydrogen-bond donors (Lipinski definition) is 1. The van der Waals surface area contributed by atoms with Gasteiger partial charge in [0.2, 0.25) is 0 Å². The summed E-state index contributed by atoms with van der Waals surface area (Å²) in [6, 6.07) is -0.0165. The fourth-order valence-electron chi connectivity index (χ4n) is 2.34. The Labute approximate surface area is 109 Å². The highest BCUT2D eigenvalue weighted by Gasteiger charge is 2.30. The van der Waals surface area contributed by atoms with E-state index in [1.165, 1.54) is 0 Å². The van der Waals surface area contributed by atoms with Crippen LogP contribution in [-0.4, -0.2) is 53.1 Å². The van der Waals surface area contributed by atoms with Crippen LogP contribution >= 0.6 is 0 Å². The molecule has 0 unspecified atom stereocenters. The van der Waals surface area contributed by atoms with Gasteiger partial charge in [-0.3, -0.25) is 4.79 Å². The molecule has 0 aromatic heterocycles. The summed E-state index contributed by atoms with van der Waals surface area (Å²) in [5, 5.41) is 9.03. The summed E-state index contributed by atoms with van der Waals surface area (Å²) in [5.41, 5.74) is 0. The number of amides is 2. The van der Waals surface area contributed by atoms with Crippen LogP contribution in [0.4, 0.5) is 4.79 Å². The van der Waals surface area contributed by atoms with Crippen LogP contribution in [-0.2, 0) is 4.79 Å². The number of nitrogens with zero attached hydrogens (tertiary/aromatic N) is 2. The van der Waals surface area contributed by atoms with Crippen molar-refractivity contribution >= 4 is 12.0 Å². The molecule has 5 heteroatoms. The normalized spacial score (nSPS) is 20.0. The fraction of sp³-hybridized carbons (Fsp3) is 0.846. The number of likely N-dealkylation sites (tertiary alicyclic amines) is 1. The zero-order valence-electron chi connectivity index (χ0n) is 11.6. The molecule has 5 nitrogen and oxygen atoms in total. The highest BCUT2D eigenvalue weighted by atomic mass is 16.4. The molecule has 1 fully saturated rings. The van der Waals surface area contributed by atoms with Crippen molar-refractivity contribution in [2.24, 2.45) is 11.8 Å². The maximum absolute atomic E-state index is 12.3. The molecule has 0 saturated carbocycles. The summed E-state index contributed by atoms with van der Waals surface area (Å²) >= 11 is 0. The number of carboxylic acid groups (broad SMARTS) is 1. The van der Waals surface area contributed by atoms with Crippen LogP contribution in [0.3, 0.4) is 0 Å². The molecule has 18 heavy (non-hydrogen) atoms. The Morgan fingerprint density at radius 1 is 1.44 bits per heavy atom. The fourth-order valence-corrected chi connectivity index (χ4v) is 2.34. The summed E-state index contributed by atoms with van der Waals surface area (Å²) in [5.74, 6) is -0.770. The number of piperidine rings is 1. The molecule has 1 heterocycles. The van der Waals surface area contributed by atoms with Crippen LogP contribution in [0.1, 0.15) is 33.6 Å². The summed E-state index contributed by atoms with van der Waals surface area (Å²) in [7, 11) is 0. The van der Waals surface area contributed by atoms with Gasteiger partial charge in [-0.05, 0) is 25.7 Å². The van der Waals surface area contributed by atoms with E-state index in [9.17, 15) is 9.59 Å². The monoisotopic (exact) mass is 256 g/mol. The Bertz CT molecular complexity index is 305. The van der Waals surface area contributed by atoms with Crippen LogP contribution in [0, 0.1) is 11.8 Å². The van der Waals surface area contributed by atoms with E-state index >= 15 is 0 Å². The second-order valence-corrected chi connectivity index (χ2v) is 5.34. The van der Waals surface area contributed by atoms with Crippen LogP contribution < -0.4 is 0 Å². The van der Waals surface area contributed by atoms with Gasteiger partial charge < -0.3 is 14.9 Å². The van der Waals surface area contributed by atoms with E-state index in [1.807, 2.05) is 6.92 Å². The maximum atomic E-state index is 12.3. The molecule has 0 radical (unpaired) electrons. The molecule has 0 spiro atoms. The maximum Gasteiger partial charge on any atom is 0.320 e. The molecule has 1 saturated heterocycles. The van der Waals surface area contributed by atoms with Gasteiger partial charge in [-0.15, -0.1) is 0 Å². The first-order chi connectivity index (χ1) is 8.45. The van der Waals surface area contributed by atoms with E-state index in [1.54, 1.807) is 9.80 Å². The summed E-state index contributed by atoms with van der Waals surface area (Å²) in [6.07, 6.45) is 1.46. The van der Waals surface area contributed by atoms with Gasteiger partial charge >= 0.3 is 12.0 Å². The number of hydrogen-bond acceptors (Lipinski definition) is 2. The zero-order chi connectivity index (χ0) is 13.7. The van der Waals surface area contributed by atoms with Crippen molar-refractivity contribution < 1.29 is 14.7 Å². The second-order valence-electron chi connectivity index (χ2n) is 5.34. The average Bonchev–Trinajstić information content (AvgIpc) is 2.35. The van der Waals surface area contributed by atoms with Crippen LogP contribution in [0.15, 0.2) is 0 Å². The second kappa shape index (κ2) is 6.61. The molecule has 1 aliphatic heterocycles.